The molecule has 0 aliphatic rings. The van der Waals surface area contributed by atoms with E-state index in [1.807, 2.05) is 28.8 Å². The van der Waals surface area contributed by atoms with Crippen LogP contribution in [0.3, 0.4) is 0 Å². The van der Waals surface area contributed by atoms with E-state index in [0.717, 1.165) is 5.69 Å². The van der Waals surface area contributed by atoms with Crippen molar-refractivity contribution in [2.75, 3.05) is 0 Å². The van der Waals surface area contributed by atoms with Crippen LogP contribution in [0.5, 0.6) is 0 Å². The minimum Gasteiger partial charge on any atom is -0.295 e. The molecule has 0 fully saturated rings. The molecule has 0 atom stereocenters. The summed E-state index contributed by atoms with van der Waals surface area (Å²) in [5.74, 6) is 0.601. The van der Waals surface area contributed by atoms with Crippen LogP contribution in [-0.4, -0.2) is 19.5 Å². The number of rotatable bonds is 1. The molecule has 0 radical (unpaired) electrons. The second-order valence-electron chi connectivity index (χ2n) is 3.83. The van der Waals surface area contributed by atoms with E-state index in [4.69, 9.17) is 23.2 Å². The molecule has 1 aromatic carbocycles. The number of benzene rings is 1. The van der Waals surface area contributed by atoms with Crippen molar-refractivity contribution >= 4 is 34.4 Å². The Morgan fingerprint density at radius 1 is 1.17 bits per heavy atom. The van der Waals surface area contributed by atoms with E-state index in [9.17, 15) is 0 Å². The second kappa shape index (κ2) is 4.23. The van der Waals surface area contributed by atoms with Gasteiger partial charge in [-0.05, 0) is 25.1 Å². The molecule has 0 saturated carbocycles. The normalized spacial score (nSPS) is 11.1. The molecule has 0 aliphatic heterocycles. The summed E-state index contributed by atoms with van der Waals surface area (Å²) in [6, 6.07) is 7.43. The zero-order valence-electron chi connectivity index (χ0n) is 9.43. The van der Waals surface area contributed by atoms with Crippen molar-refractivity contribution < 1.29 is 0 Å². The number of nitrogens with zero attached hydrogens (tertiary/aromatic N) is 4. The summed E-state index contributed by atoms with van der Waals surface area (Å²) in [4.78, 5) is 12.6. The lowest BCUT2D eigenvalue weighted by Gasteiger charge is -2.05. The molecule has 0 aliphatic carbocycles. The van der Waals surface area contributed by atoms with Crippen LogP contribution in [0, 0.1) is 6.92 Å². The van der Waals surface area contributed by atoms with Gasteiger partial charge in [0.15, 0.2) is 10.8 Å². The molecule has 0 bridgehead atoms. The standard InChI is InChI=1S/C12H8Cl2N4/c1-7-16-11(14)10-12(17-7)15-6-18(10)9-4-2-3-8(13)5-9/h2-6H,1H3. The molecule has 0 unspecified atom stereocenters. The Bertz CT molecular complexity index is 736. The lowest BCUT2D eigenvalue weighted by molar-refractivity contribution is 1.06. The number of fused-ring (bicyclic) bond motifs is 1. The van der Waals surface area contributed by atoms with Gasteiger partial charge >= 0.3 is 0 Å². The van der Waals surface area contributed by atoms with Crippen LogP contribution in [0.4, 0.5) is 0 Å². The molecule has 90 valence electrons. The predicted molar refractivity (Wildman–Crippen MR) is 71.4 cm³/mol. The van der Waals surface area contributed by atoms with Crippen LogP contribution in [0.1, 0.15) is 5.82 Å². The number of imidazole rings is 1. The molecule has 2 heterocycles. The molecular formula is C12H8Cl2N4. The highest BCUT2D eigenvalue weighted by Gasteiger charge is 2.11. The van der Waals surface area contributed by atoms with Gasteiger partial charge in [0.25, 0.3) is 0 Å². The number of aromatic nitrogens is 4. The van der Waals surface area contributed by atoms with E-state index in [2.05, 4.69) is 15.0 Å². The van der Waals surface area contributed by atoms with E-state index in [1.165, 1.54) is 0 Å². The fourth-order valence-corrected chi connectivity index (χ4v) is 2.29. The quantitative estimate of drug-likeness (QED) is 0.641. The van der Waals surface area contributed by atoms with Crippen molar-refractivity contribution in [2.45, 2.75) is 6.92 Å². The van der Waals surface area contributed by atoms with Crippen LogP contribution in [0.2, 0.25) is 10.2 Å². The van der Waals surface area contributed by atoms with Gasteiger partial charge in [0, 0.05) is 10.7 Å². The minimum atomic E-state index is 0.384. The monoisotopic (exact) mass is 278 g/mol. The zero-order chi connectivity index (χ0) is 12.7. The molecule has 18 heavy (non-hydrogen) atoms. The summed E-state index contributed by atoms with van der Waals surface area (Å²) in [6.07, 6.45) is 1.66. The van der Waals surface area contributed by atoms with Crippen LogP contribution in [0.15, 0.2) is 30.6 Å². The van der Waals surface area contributed by atoms with Gasteiger partial charge in [-0.1, -0.05) is 29.3 Å². The molecule has 3 aromatic rings. The summed E-state index contributed by atoms with van der Waals surface area (Å²) in [5, 5.41) is 1.04. The molecule has 6 heteroatoms. The Balaban J connectivity index is 2.31. The molecular weight excluding hydrogens is 271 g/mol. The predicted octanol–water partition coefficient (Wildman–Crippen LogP) is 3.43. The number of aryl methyl sites for hydroxylation is 1. The van der Waals surface area contributed by atoms with Crippen molar-refractivity contribution in [2.24, 2.45) is 0 Å². The van der Waals surface area contributed by atoms with Crippen LogP contribution >= 0.6 is 23.2 Å². The first-order valence-electron chi connectivity index (χ1n) is 5.28. The van der Waals surface area contributed by atoms with E-state index in [1.54, 1.807) is 13.3 Å². The van der Waals surface area contributed by atoms with E-state index in [0.29, 0.717) is 27.2 Å². The summed E-state index contributed by atoms with van der Waals surface area (Å²) in [7, 11) is 0. The molecule has 0 amide bonds. The van der Waals surface area contributed by atoms with Gasteiger partial charge in [-0.15, -0.1) is 0 Å². The molecule has 0 saturated heterocycles. The lowest BCUT2D eigenvalue weighted by atomic mass is 10.3. The third-order valence-corrected chi connectivity index (χ3v) is 3.06. The van der Waals surface area contributed by atoms with Gasteiger partial charge in [0.05, 0.1) is 0 Å². The maximum absolute atomic E-state index is 6.15. The third-order valence-electron chi connectivity index (χ3n) is 2.56. The molecule has 0 N–H and O–H groups in total. The van der Waals surface area contributed by atoms with Crippen molar-refractivity contribution in [1.82, 2.24) is 19.5 Å². The van der Waals surface area contributed by atoms with Crippen molar-refractivity contribution in [3.63, 3.8) is 0 Å². The van der Waals surface area contributed by atoms with Crippen LogP contribution in [0.25, 0.3) is 16.9 Å². The Kier molecular flexibility index (Phi) is 2.69. The summed E-state index contributed by atoms with van der Waals surface area (Å²) >= 11 is 12.1. The SMILES string of the molecule is Cc1nc(Cl)c2c(ncn2-c2cccc(Cl)c2)n1. The van der Waals surface area contributed by atoms with Gasteiger partial charge in [-0.2, -0.15) is 0 Å². The van der Waals surface area contributed by atoms with Gasteiger partial charge in [0.2, 0.25) is 0 Å². The van der Waals surface area contributed by atoms with E-state index < -0.39 is 0 Å². The highest BCUT2D eigenvalue weighted by molar-refractivity contribution is 6.33. The van der Waals surface area contributed by atoms with Crippen molar-refractivity contribution in [3.05, 3.63) is 46.6 Å². The molecule has 4 nitrogen and oxygen atoms in total. The largest absolute Gasteiger partial charge is 0.295 e. The van der Waals surface area contributed by atoms with E-state index in [-0.39, 0.29) is 0 Å². The number of hydrogen-bond acceptors (Lipinski definition) is 3. The third kappa shape index (κ3) is 1.83. The Morgan fingerprint density at radius 2 is 2.00 bits per heavy atom. The Hall–Kier alpha value is -1.65. The van der Waals surface area contributed by atoms with Crippen LogP contribution < -0.4 is 0 Å². The molecule has 2 aromatic heterocycles. The fraction of sp³-hybridized carbons (Fsp3) is 0.0833. The Morgan fingerprint density at radius 3 is 2.78 bits per heavy atom. The second-order valence-corrected chi connectivity index (χ2v) is 4.62. The first-order chi connectivity index (χ1) is 8.65. The first-order valence-corrected chi connectivity index (χ1v) is 6.04. The minimum absolute atomic E-state index is 0.384. The van der Waals surface area contributed by atoms with Gasteiger partial charge in [0.1, 0.15) is 17.7 Å². The highest BCUT2D eigenvalue weighted by Crippen LogP contribution is 2.24. The van der Waals surface area contributed by atoms with E-state index >= 15 is 0 Å². The summed E-state index contributed by atoms with van der Waals surface area (Å²) in [5.41, 5.74) is 2.14. The maximum Gasteiger partial charge on any atom is 0.182 e. The first kappa shape index (κ1) is 11.4. The topological polar surface area (TPSA) is 43.6 Å². The molecule has 0 spiro atoms. The zero-order valence-corrected chi connectivity index (χ0v) is 10.9. The van der Waals surface area contributed by atoms with Gasteiger partial charge in [-0.3, -0.25) is 4.57 Å². The number of hydrogen-bond donors (Lipinski definition) is 0. The highest BCUT2D eigenvalue weighted by atomic mass is 35.5. The lowest BCUT2D eigenvalue weighted by Crippen LogP contribution is -1.95. The maximum atomic E-state index is 6.15. The average molecular weight is 279 g/mol. The summed E-state index contributed by atoms with van der Waals surface area (Å²) in [6.45, 7) is 1.78. The Labute approximate surface area is 113 Å². The smallest absolute Gasteiger partial charge is 0.182 e. The van der Waals surface area contributed by atoms with Crippen LogP contribution in [-0.2, 0) is 0 Å². The van der Waals surface area contributed by atoms with Gasteiger partial charge in [-0.25, -0.2) is 15.0 Å². The number of halogens is 2. The van der Waals surface area contributed by atoms with Crippen molar-refractivity contribution in [3.8, 4) is 5.69 Å². The van der Waals surface area contributed by atoms with Crippen molar-refractivity contribution in [1.29, 1.82) is 0 Å². The van der Waals surface area contributed by atoms with Gasteiger partial charge < -0.3 is 0 Å². The molecule has 3 rings (SSSR count). The fourth-order valence-electron chi connectivity index (χ4n) is 1.81. The summed E-state index contributed by atoms with van der Waals surface area (Å²) < 4.78 is 1.82. The average Bonchev–Trinajstić information content (AvgIpc) is 2.72.